The number of unbranched alkanes of at least 4 members (excludes halogenated alkanes) is 1. The summed E-state index contributed by atoms with van der Waals surface area (Å²) in [5, 5.41) is 0. The highest BCUT2D eigenvalue weighted by Crippen LogP contribution is 2.22. The fourth-order valence-corrected chi connectivity index (χ4v) is 3.78. The normalized spacial score (nSPS) is 22.1. The standard InChI is InChI=1S/C11H22F3N3O2S/c12-11(13,14)6-2-3-7-16-20(18,19)17-8-4-1-5-10(17)9-15/h10,16H,1-9,15H2. The zero-order valence-corrected chi connectivity index (χ0v) is 12.1. The summed E-state index contributed by atoms with van der Waals surface area (Å²) in [6.07, 6.45) is -2.52. The first kappa shape index (κ1) is 17.7. The van der Waals surface area contributed by atoms with Crippen molar-refractivity contribution in [3.63, 3.8) is 0 Å². The second-order valence-corrected chi connectivity index (χ2v) is 6.68. The van der Waals surface area contributed by atoms with Crippen LogP contribution >= 0.6 is 0 Å². The van der Waals surface area contributed by atoms with Gasteiger partial charge in [-0.2, -0.15) is 25.9 Å². The Bertz CT molecular complexity index is 387. The topological polar surface area (TPSA) is 75.4 Å². The summed E-state index contributed by atoms with van der Waals surface area (Å²) in [6.45, 7) is 0.695. The number of rotatable bonds is 7. The molecule has 0 aromatic carbocycles. The highest BCUT2D eigenvalue weighted by atomic mass is 32.2. The molecule has 20 heavy (non-hydrogen) atoms. The largest absolute Gasteiger partial charge is 0.389 e. The highest BCUT2D eigenvalue weighted by molar-refractivity contribution is 7.87. The fraction of sp³-hybridized carbons (Fsp3) is 1.00. The summed E-state index contributed by atoms with van der Waals surface area (Å²) >= 11 is 0. The van der Waals surface area contributed by atoms with Crippen LogP contribution in [-0.4, -0.2) is 44.6 Å². The van der Waals surface area contributed by atoms with Gasteiger partial charge in [-0.3, -0.25) is 0 Å². The molecule has 3 N–H and O–H groups in total. The Kier molecular flexibility index (Phi) is 6.70. The second kappa shape index (κ2) is 7.58. The molecule has 1 aliphatic rings. The molecule has 5 nitrogen and oxygen atoms in total. The van der Waals surface area contributed by atoms with Gasteiger partial charge in [-0.15, -0.1) is 0 Å². The summed E-state index contributed by atoms with van der Waals surface area (Å²) < 4.78 is 63.6. The van der Waals surface area contributed by atoms with E-state index in [0.717, 1.165) is 19.3 Å². The molecule has 1 atom stereocenters. The smallest absolute Gasteiger partial charge is 0.329 e. The second-order valence-electron chi connectivity index (χ2n) is 4.97. The van der Waals surface area contributed by atoms with Gasteiger partial charge >= 0.3 is 6.18 Å². The van der Waals surface area contributed by atoms with Gasteiger partial charge < -0.3 is 5.73 Å². The van der Waals surface area contributed by atoms with Crippen LogP contribution in [0.3, 0.4) is 0 Å². The molecule has 0 saturated carbocycles. The maximum Gasteiger partial charge on any atom is 0.389 e. The molecule has 0 amide bonds. The van der Waals surface area contributed by atoms with Gasteiger partial charge in [0, 0.05) is 32.1 Å². The Morgan fingerprint density at radius 3 is 2.55 bits per heavy atom. The average molecular weight is 317 g/mol. The number of hydrogen-bond acceptors (Lipinski definition) is 3. The molecule has 9 heteroatoms. The molecule has 1 saturated heterocycles. The van der Waals surface area contributed by atoms with Crippen LogP contribution in [0.25, 0.3) is 0 Å². The van der Waals surface area contributed by atoms with Crippen molar-refractivity contribution in [3.05, 3.63) is 0 Å². The third-order valence-electron chi connectivity index (χ3n) is 3.33. The monoisotopic (exact) mass is 317 g/mol. The Morgan fingerprint density at radius 2 is 1.95 bits per heavy atom. The molecule has 0 radical (unpaired) electrons. The number of nitrogens with two attached hydrogens (primary N) is 1. The zero-order valence-electron chi connectivity index (χ0n) is 11.3. The number of piperidine rings is 1. The molecule has 1 aliphatic heterocycles. The quantitative estimate of drug-likeness (QED) is 0.696. The molecule has 120 valence electrons. The van der Waals surface area contributed by atoms with Gasteiger partial charge in [-0.05, 0) is 25.7 Å². The average Bonchev–Trinajstić information content (AvgIpc) is 2.36. The van der Waals surface area contributed by atoms with Crippen molar-refractivity contribution in [3.8, 4) is 0 Å². The minimum atomic E-state index is -4.18. The fourth-order valence-electron chi connectivity index (χ4n) is 2.26. The number of halogens is 3. The van der Waals surface area contributed by atoms with E-state index in [2.05, 4.69) is 4.72 Å². The summed E-state index contributed by atoms with van der Waals surface area (Å²) in [6, 6.07) is -0.212. The molecule has 1 rings (SSSR count). The van der Waals surface area contributed by atoms with Crippen LogP contribution < -0.4 is 10.5 Å². The Hall–Kier alpha value is -0.380. The molecular formula is C11H22F3N3O2S. The first-order chi connectivity index (χ1) is 9.26. The van der Waals surface area contributed by atoms with Gasteiger partial charge in [-0.25, -0.2) is 4.72 Å². The van der Waals surface area contributed by atoms with E-state index in [4.69, 9.17) is 5.73 Å². The first-order valence-electron chi connectivity index (χ1n) is 6.79. The van der Waals surface area contributed by atoms with E-state index >= 15 is 0 Å². The molecule has 0 spiro atoms. The molecule has 0 bridgehead atoms. The third kappa shape index (κ3) is 5.94. The lowest BCUT2D eigenvalue weighted by Gasteiger charge is -2.33. The predicted molar refractivity (Wildman–Crippen MR) is 70.2 cm³/mol. The van der Waals surface area contributed by atoms with Crippen LogP contribution in [0.5, 0.6) is 0 Å². The molecule has 0 aliphatic carbocycles. The molecule has 1 unspecified atom stereocenters. The number of nitrogens with one attached hydrogen (secondary N) is 1. The van der Waals surface area contributed by atoms with E-state index in [9.17, 15) is 21.6 Å². The maximum absolute atomic E-state index is 12.1. The number of nitrogens with zero attached hydrogens (tertiary/aromatic N) is 1. The van der Waals surface area contributed by atoms with Crippen LogP contribution in [0.4, 0.5) is 13.2 Å². The lowest BCUT2D eigenvalue weighted by atomic mass is 10.1. The van der Waals surface area contributed by atoms with Crippen LogP contribution in [-0.2, 0) is 10.2 Å². The zero-order chi connectivity index (χ0) is 15.2. The summed E-state index contributed by atoms with van der Waals surface area (Å²) in [4.78, 5) is 0. The minimum Gasteiger partial charge on any atom is -0.329 e. The Morgan fingerprint density at radius 1 is 1.25 bits per heavy atom. The van der Waals surface area contributed by atoms with E-state index in [-0.39, 0.29) is 32.0 Å². The Labute approximate surface area is 117 Å². The lowest BCUT2D eigenvalue weighted by Crippen LogP contribution is -2.51. The molecule has 1 fully saturated rings. The van der Waals surface area contributed by atoms with Crippen LogP contribution in [0.2, 0.25) is 0 Å². The van der Waals surface area contributed by atoms with Crippen molar-refractivity contribution >= 4 is 10.2 Å². The summed E-state index contributed by atoms with van der Waals surface area (Å²) in [5.74, 6) is 0. The first-order valence-corrected chi connectivity index (χ1v) is 8.23. The van der Waals surface area contributed by atoms with Crippen molar-refractivity contribution in [2.24, 2.45) is 5.73 Å². The molecule has 1 heterocycles. The number of hydrogen-bond donors (Lipinski definition) is 2. The van der Waals surface area contributed by atoms with Crippen molar-refractivity contribution in [2.45, 2.75) is 50.7 Å². The van der Waals surface area contributed by atoms with Gasteiger partial charge in [0.1, 0.15) is 0 Å². The van der Waals surface area contributed by atoms with Gasteiger partial charge in [0.25, 0.3) is 10.2 Å². The highest BCUT2D eigenvalue weighted by Gasteiger charge is 2.31. The van der Waals surface area contributed by atoms with Crippen LogP contribution in [0.15, 0.2) is 0 Å². The Balaban J connectivity index is 2.37. The SMILES string of the molecule is NCC1CCCCN1S(=O)(=O)NCCCCC(F)(F)F. The summed E-state index contributed by atoms with van der Waals surface area (Å²) in [5.41, 5.74) is 5.56. The van der Waals surface area contributed by atoms with Crippen molar-refractivity contribution in [1.82, 2.24) is 9.03 Å². The molecule has 0 aromatic rings. The van der Waals surface area contributed by atoms with Gasteiger partial charge in [0.15, 0.2) is 0 Å². The van der Waals surface area contributed by atoms with Crippen molar-refractivity contribution < 1.29 is 21.6 Å². The lowest BCUT2D eigenvalue weighted by molar-refractivity contribution is -0.135. The van der Waals surface area contributed by atoms with Gasteiger partial charge in [0.2, 0.25) is 0 Å². The molecule has 0 aromatic heterocycles. The van der Waals surface area contributed by atoms with E-state index < -0.39 is 22.8 Å². The van der Waals surface area contributed by atoms with Gasteiger partial charge in [0.05, 0.1) is 0 Å². The van der Waals surface area contributed by atoms with Crippen molar-refractivity contribution in [2.75, 3.05) is 19.6 Å². The van der Waals surface area contributed by atoms with Gasteiger partial charge in [-0.1, -0.05) is 6.42 Å². The third-order valence-corrected chi connectivity index (χ3v) is 4.99. The van der Waals surface area contributed by atoms with Crippen molar-refractivity contribution in [1.29, 1.82) is 0 Å². The summed E-state index contributed by atoms with van der Waals surface area (Å²) in [7, 11) is -3.64. The van der Waals surface area contributed by atoms with E-state index in [1.807, 2.05) is 0 Å². The van der Waals surface area contributed by atoms with Crippen LogP contribution in [0, 0.1) is 0 Å². The molecular weight excluding hydrogens is 295 g/mol. The van der Waals surface area contributed by atoms with Crippen LogP contribution in [0.1, 0.15) is 38.5 Å². The predicted octanol–water partition coefficient (Wildman–Crippen LogP) is 1.37. The van der Waals surface area contributed by atoms with E-state index in [1.165, 1.54) is 4.31 Å². The van der Waals surface area contributed by atoms with E-state index in [0.29, 0.717) is 6.54 Å². The number of alkyl halides is 3. The maximum atomic E-state index is 12.1. The van der Waals surface area contributed by atoms with E-state index in [1.54, 1.807) is 0 Å². The minimum absolute atomic E-state index is 0.0200.